The van der Waals surface area contributed by atoms with E-state index in [1.165, 1.54) is 19.3 Å². The number of hydrogen-bond donors (Lipinski definition) is 2. The lowest BCUT2D eigenvalue weighted by Gasteiger charge is -2.26. The van der Waals surface area contributed by atoms with Crippen LogP contribution in [0.2, 0.25) is 0 Å². The Morgan fingerprint density at radius 3 is 2.76 bits per heavy atom. The lowest BCUT2D eigenvalue weighted by atomic mass is 9.92. The number of piperidine rings is 1. The molecule has 0 aromatic rings. The zero-order chi connectivity index (χ0) is 12.3. The summed E-state index contributed by atoms with van der Waals surface area (Å²) in [5.74, 6) is 1.95. The van der Waals surface area contributed by atoms with E-state index in [9.17, 15) is 4.79 Å². The molecular weight excluding hydrogens is 212 g/mol. The van der Waals surface area contributed by atoms with E-state index >= 15 is 0 Å². The minimum Gasteiger partial charge on any atom is -0.353 e. The Kier molecular flexibility index (Phi) is 4.43. The van der Waals surface area contributed by atoms with Gasteiger partial charge >= 0.3 is 0 Å². The highest BCUT2D eigenvalue weighted by molar-refractivity contribution is 5.79. The minimum absolute atomic E-state index is 0.205. The summed E-state index contributed by atoms with van der Waals surface area (Å²) in [7, 11) is 0. The first kappa shape index (κ1) is 12.9. The van der Waals surface area contributed by atoms with Crippen molar-refractivity contribution in [2.75, 3.05) is 13.1 Å². The van der Waals surface area contributed by atoms with Crippen molar-refractivity contribution in [3.05, 3.63) is 0 Å². The van der Waals surface area contributed by atoms with Crippen LogP contribution in [0.1, 0.15) is 46.0 Å². The number of hydrogen-bond acceptors (Lipinski definition) is 2. The van der Waals surface area contributed by atoms with Gasteiger partial charge in [-0.05, 0) is 44.1 Å². The second-order valence-electron chi connectivity index (χ2n) is 5.76. The van der Waals surface area contributed by atoms with E-state index in [0.717, 1.165) is 31.8 Å². The van der Waals surface area contributed by atoms with Crippen LogP contribution >= 0.6 is 0 Å². The van der Waals surface area contributed by atoms with Crippen molar-refractivity contribution in [3.63, 3.8) is 0 Å². The normalized spacial score (nSPS) is 38.0. The molecule has 1 saturated heterocycles. The maximum Gasteiger partial charge on any atom is 0.224 e. The zero-order valence-electron chi connectivity index (χ0n) is 11.2. The number of nitrogens with one attached hydrogen (secondary N) is 2. The highest BCUT2D eigenvalue weighted by Crippen LogP contribution is 2.34. The predicted molar refractivity (Wildman–Crippen MR) is 69.7 cm³/mol. The predicted octanol–water partition coefficient (Wildman–Crippen LogP) is 1.93. The van der Waals surface area contributed by atoms with Crippen LogP contribution < -0.4 is 10.6 Å². The van der Waals surface area contributed by atoms with Crippen LogP contribution in [-0.4, -0.2) is 25.0 Å². The number of amides is 1. The van der Waals surface area contributed by atoms with Gasteiger partial charge in [0.1, 0.15) is 0 Å². The molecule has 4 atom stereocenters. The second kappa shape index (κ2) is 5.85. The first-order valence-corrected chi connectivity index (χ1v) is 7.23. The molecule has 17 heavy (non-hydrogen) atoms. The average Bonchev–Trinajstić information content (AvgIpc) is 2.71. The van der Waals surface area contributed by atoms with E-state index in [1.54, 1.807) is 0 Å². The van der Waals surface area contributed by atoms with Crippen LogP contribution in [0, 0.1) is 17.8 Å². The average molecular weight is 238 g/mol. The van der Waals surface area contributed by atoms with Crippen molar-refractivity contribution < 1.29 is 4.79 Å². The van der Waals surface area contributed by atoms with Gasteiger partial charge in [-0.3, -0.25) is 4.79 Å². The van der Waals surface area contributed by atoms with E-state index in [0.29, 0.717) is 12.0 Å². The Bertz CT molecular complexity index is 261. The summed E-state index contributed by atoms with van der Waals surface area (Å²) >= 11 is 0. The van der Waals surface area contributed by atoms with Crippen LogP contribution in [0.25, 0.3) is 0 Å². The number of rotatable bonds is 3. The summed E-state index contributed by atoms with van der Waals surface area (Å²) < 4.78 is 0. The third kappa shape index (κ3) is 3.01. The molecule has 1 saturated carbocycles. The third-order valence-corrected chi connectivity index (χ3v) is 4.75. The van der Waals surface area contributed by atoms with Gasteiger partial charge in [0.25, 0.3) is 0 Å². The van der Waals surface area contributed by atoms with Crippen LogP contribution in [-0.2, 0) is 4.79 Å². The van der Waals surface area contributed by atoms with E-state index < -0.39 is 0 Å². The van der Waals surface area contributed by atoms with E-state index in [2.05, 4.69) is 24.5 Å². The molecule has 3 unspecified atom stereocenters. The van der Waals surface area contributed by atoms with E-state index in [4.69, 9.17) is 0 Å². The minimum atomic E-state index is 0.205. The molecule has 3 heteroatoms. The third-order valence-electron chi connectivity index (χ3n) is 4.75. The Balaban J connectivity index is 1.82. The molecule has 0 aromatic carbocycles. The topological polar surface area (TPSA) is 41.1 Å². The van der Waals surface area contributed by atoms with Gasteiger partial charge in [-0.2, -0.15) is 0 Å². The molecule has 1 amide bonds. The van der Waals surface area contributed by atoms with Crippen molar-refractivity contribution in [3.8, 4) is 0 Å². The molecule has 2 aliphatic rings. The molecule has 0 aromatic heterocycles. The van der Waals surface area contributed by atoms with Gasteiger partial charge in [0.2, 0.25) is 5.91 Å². The van der Waals surface area contributed by atoms with Crippen LogP contribution in [0.15, 0.2) is 0 Å². The van der Waals surface area contributed by atoms with Crippen molar-refractivity contribution in [1.82, 2.24) is 10.6 Å². The SMILES string of the molecule is CCC1CCC(NC(=O)[C@@H]2CCCNC2)C1C. The summed E-state index contributed by atoms with van der Waals surface area (Å²) in [6, 6.07) is 0.425. The number of carbonyl (C=O) groups is 1. The van der Waals surface area contributed by atoms with Gasteiger partial charge in [-0.25, -0.2) is 0 Å². The summed E-state index contributed by atoms with van der Waals surface area (Å²) in [6.07, 6.45) is 5.89. The molecule has 0 spiro atoms. The lowest BCUT2D eigenvalue weighted by molar-refractivity contribution is -0.126. The molecule has 2 N–H and O–H groups in total. The molecular formula is C14H26N2O. The Hall–Kier alpha value is -0.570. The standard InChI is InChI=1S/C14H26N2O/c1-3-11-6-7-13(10(11)2)16-14(17)12-5-4-8-15-9-12/h10-13,15H,3-9H2,1-2H3,(H,16,17)/t10?,11?,12-,13?/m1/s1. The molecule has 1 aliphatic heterocycles. The Morgan fingerprint density at radius 1 is 1.35 bits per heavy atom. The van der Waals surface area contributed by atoms with Crippen molar-refractivity contribution >= 4 is 5.91 Å². The quantitative estimate of drug-likeness (QED) is 0.789. The molecule has 1 aliphatic carbocycles. The Morgan fingerprint density at radius 2 is 2.18 bits per heavy atom. The monoisotopic (exact) mass is 238 g/mol. The van der Waals surface area contributed by atoms with Crippen LogP contribution in [0.5, 0.6) is 0 Å². The first-order chi connectivity index (χ1) is 8.22. The van der Waals surface area contributed by atoms with Gasteiger partial charge in [-0.1, -0.05) is 20.3 Å². The first-order valence-electron chi connectivity index (χ1n) is 7.23. The highest BCUT2D eigenvalue weighted by atomic mass is 16.2. The fraction of sp³-hybridized carbons (Fsp3) is 0.929. The maximum absolute atomic E-state index is 12.1. The van der Waals surface area contributed by atoms with Crippen LogP contribution in [0.3, 0.4) is 0 Å². The van der Waals surface area contributed by atoms with Crippen molar-refractivity contribution in [2.45, 2.75) is 52.0 Å². The van der Waals surface area contributed by atoms with Crippen LogP contribution in [0.4, 0.5) is 0 Å². The smallest absolute Gasteiger partial charge is 0.224 e. The van der Waals surface area contributed by atoms with Gasteiger partial charge in [0, 0.05) is 12.6 Å². The summed E-state index contributed by atoms with van der Waals surface area (Å²) in [4.78, 5) is 12.1. The Labute approximate surface area is 105 Å². The summed E-state index contributed by atoms with van der Waals surface area (Å²) in [5, 5.41) is 6.59. The van der Waals surface area contributed by atoms with Gasteiger partial charge < -0.3 is 10.6 Å². The largest absolute Gasteiger partial charge is 0.353 e. The summed E-state index contributed by atoms with van der Waals surface area (Å²) in [6.45, 7) is 6.49. The molecule has 2 fully saturated rings. The maximum atomic E-state index is 12.1. The van der Waals surface area contributed by atoms with Crippen molar-refractivity contribution in [2.24, 2.45) is 17.8 Å². The second-order valence-corrected chi connectivity index (χ2v) is 5.76. The molecule has 98 valence electrons. The van der Waals surface area contributed by atoms with Gasteiger partial charge in [0.15, 0.2) is 0 Å². The van der Waals surface area contributed by atoms with E-state index in [1.807, 2.05) is 0 Å². The number of carbonyl (C=O) groups excluding carboxylic acids is 1. The molecule has 0 radical (unpaired) electrons. The molecule has 0 bridgehead atoms. The summed E-state index contributed by atoms with van der Waals surface area (Å²) in [5.41, 5.74) is 0. The van der Waals surface area contributed by atoms with Crippen molar-refractivity contribution in [1.29, 1.82) is 0 Å². The highest BCUT2D eigenvalue weighted by Gasteiger charge is 2.33. The molecule has 2 rings (SSSR count). The molecule has 3 nitrogen and oxygen atoms in total. The fourth-order valence-corrected chi connectivity index (χ4v) is 3.40. The van der Waals surface area contributed by atoms with Gasteiger partial charge in [0.05, 0.1) is 5.92 Å². The van der Waals surface area contributed by atoms with E-state index in [-0.39, 0.29) is 11.8 Å². The van der Waals surface area contributed by atoms with Gasteiger partial charge in [-0.15, -0.1) is 0 Å². The zero-order valence-corrected chi connectivity index (χ0v) is 11.2. The molecule has 1 heterocycles. The lowest BCUT2D eigenvalue weighted by Crippen LogP contribution is -2.45. The fourth-order valence-electron chi connectivity index (χ4n) is 3.40.